The lowest BCUT2D eigenvalue weighted by atomic mass is 10.2. The molecule has 0 amide bonds. The minimum absolute atomic E-state index is 0.0629. The fraction of sp³-hybridized carbons (Fsp3) is 0.176. The Morgan fingerprint density at radius 2 is 1.86 bits per heavy atom. The van der Waals surface area contributed by atoms with Gasteiger partial charge in [0.05, 0.1) is 4.90 Å². The van der Waals surface area contributed by atoms with Crippen LogP contribution in [0.3, 0.4) is 0 Å². The molecule has 0 bridgehead atoms. The topological polar surface area (TPSA) is 116 Å². The minimum Gasteiger partial charge on any atom is -0.417 e. The van der Waals surface area contributed by atoms with Gasteiger partial charge >= 0.3 is 0 Å². The van der Waals surface area contributed by atoms with Crippen molar-refractivity contribution in [3.05, 3.63) is 52.8 Å². The quantitative estimate of drug-likeness (QED) is 0.413. The van der Waals surface area contributed by atoms with Gasteiger partial charge in [0, 0.05) is 24.1 Å². The first-order chi connectivity index (χ1) is 13.8. The molecule has 12 heteroatoms. The molecule has 0 aliphatic heterocycles. The molecule has 0 saturated heterocycles. The summed E-state index contributed by atoms with van der Waals surface area (Å²) >= 11 is 3.37. The molecule has 10 nitrogen and oxygen atoms in total. The van der Waals surface area contributed by atoms with E-state index in [-0.39, 0.29) is 17.4 Å². The first-order valence-electron chi connectivity index (χ1n) is 8.34. The zero-order valence-electron chi connectivity index (χ0n) is 15.4. The zero-order chi connectivity index (χ0) is 20.6. The maximum absolute atomic E-state index is 12.3. The smallest absolute Gasteiger partial charge is 0.257 e. The molecule has 0 fully saturated rings. The SMILES string of the molecule is CN(C)S(=O)(=O)c1ccc2nnn(OCc3nnc(-c4ccc(Br)cc4)o3)c2c1. The Morgan fingerprint density at radius 3 is 2.59 bits per heavy atom. The molecule has 0 atom stereocenters. The highest BCUT2D eigenvalue weighted by Gasteiger charge is 2.19. The number of aromatic nitrogens is 5. The Labute approximate surface area is 174 Å². The molecular weight excluding hydrogens is 464 g/mol. The summed E-state index contributed by atoms with van der Waals surface area (Å²) in [5.74, 6) is 0.600. The summed E-state index contributed by atoms with van der Waals surface area (Å²) in [5, 5.41) is 15.8. The van der Waals surface area contributed by atoms with Gasteiger partial charge in [0.1, 0.15) is 11.0 Å². The van der Waals surface area contributed by atoms with Crippen molar-refractivity contribution in [2.75, 3.05) is 14.1 Å². The van der Waals surface area contributed by atoms with E-state index in [2.05, 4.69) is 36.4 Å². The lowest BCUT2D eigenvalue weighted by Crippen LogP contribution is -2.22. The van der Waals surface area contributed by atoms with Crippen LogP contribution in [0.5, 0.6) is 0 Å². The summed E-state index contributed by atoms with van der Waals surface area (Å²) in [6.07, 6.45) is 0. The lowest BCUT2D eigenvalue weighted by Gasteiger charge is -2.11. The number of nitrogens with zero attached hydrogens (tertiary/aromatic N) is 6. The van der Waals surface area contributed by atoms with E-state index in [1.165, 1.54) is 26.2 Å². The maximum Gasteiger partial charge on any atom is 0.257 e. The largest absolute Gasteiger partial charge is 0.417 e. The van der Waals surface area contributed by atoms with Crippen LogP contribution < -0.4 is 4.84 Å². The van der Waals surface area contributed by atoms with Crippen molar-refractivity contribution in [1.29, 1.82) is 0 Å². The fourth-order valence-corrected chi connectivity index (χ4v) is 3.67. The zero-order valence-corrected chi connectivity index (χ0v) is 17.8. The van der Waals surface area contributed by atoms with Crippen LogP contribution in [0.4, 0.5) is 0 Å². The van der Waals surface area contributed by atoms with E-state index in [9.17, 15) is 8.42 Å². The van der Waals surface area contributed by atoms with E-state index in [0.717, 1.165) is 19.2 Å². The highest BCUT2D eigenvalue weighted by atomic mass is 79.9. The highest BCUT2D eigenvalue weighted by Crippen LogP contribution is 2.21. The van der Waals surface area contributed by atoms with Gasteiger partial charge in [-0.05, 0) is 47.7 Å². The van der Waals surface area contributed by atoms with Gasteiger partial charge in [-0.15, -0.1) is 15.3 Å². The van der Waals surface area contributed by atoms with Gasteiger partial charge in [0.15, 0.2) is 6.61 Å². The number of sulfonamides is 1. The fourth-order valence-electron chi connectivity index (χ4n) is 2.48. The van der Waals surface area contributed by atoms with Gasteiger partial charge in [-0.1, -0.05) is 20.8 Å². The monoisotopic (exact) mass is 478 g/mol. The van der Waals surface area contributed by atoms with E-state index in [1.807, 2.05) is 24.3 Å². The Morgan fingerprint density at radius 1 is 1.10 bits per heavy atom. The van der Waals surface area contributed by atoms with Crippen molar-refractivity contribution < 1.29 is 17.7 Å². The van der Waals surface area contributed by atoms with Crippen LogP contribution in [0.15, 0.2) is 56.2 Å². The van der Waals surface area contributed by atoms with E-state index in [0.29, 0.717) is 16.9 Å². The molecule has 2 aromatic carbocycles. The highest BCUT2D eigenvalue weighted by molar-refractivity contribution is 9.10. The number of hydrogen-bond donors (Lipinski definition) is 0. The molecule has 0 saturated carbocycles. The molecule has 4 rings (SSSR count). The molecule has 2 aromatic heterocycles. The number of hydrogen-bond acceptors (Lipinski definition) is 8. The van der Waals surface area contributed by atoms with Crippen LogP contribution in [-0.2, 0) is 16.6 Å². The summed E-state index contributed by atoms with van der Waals surface area (Å²) in [5.41, 5.74) is 1.67. The van der Waals surface area contributed by atoms with Crippen LogP contribution in [0.1, 0.15) is 5.89 Å². The Hall–Kier alpha value is -2.83. The third-order valence-corrected chi connectivity index (χ3v) is 6.37. The second-order valence-corrected chi connectivity index (χ2v) is 9.25. The van der Waals surface area contributed by atoms with Gasteiger partial charge in [-0.3, -0.25) is 0 Å². The maximum atomic E-state index is 12.3. The molecule has 0 N–H and O–H groups in total. The lowest BCUT2D eigenvalue weighted by molar-refractivity contribution is 0.0617. The van der Waals surface area contributed by atoms with Gasteiger partial charge in [-0.25, -0.2) is 12.7 Å². The molecule has 0 radical (unpaired) electrons. The third-order valence-electron chi connectivity index (χ3n) is 4.03. The Bertz CT molecular complexity index is 1270. The molecule has 0 spiro atoms. The molecule has 150 valence electrons. The van der Waals surface area contributed by atoms with Gasteiger partial charge in [0.2, 0.25) is 15.9 Å². The van der Waals surface area contributed by atoms with E-state index in [1.54, 1.807) is 6.07 Å². The van der Waals surface area contributed by atoms with Gasteiger partial charge in [0.25, 0.3) is 5.89 Å². The normalized spacial score (nSPS) is 12.0. The predicted octanol–water partition coefficient (Wildman–Crippen LogP) is 2.12. The molecule has 4 aromatic rings. The summed E-state index contributed by atoms with van der Waals surface area (Å²) < 4.78 is 32.4. The second kappa shape index (κ2) is 7.54. The van der Waals surface area contributed by atoms with Crippen molar-refractivity contribution in [3.63, 3.8) is 0 Å². The number of halogens is 1. The minimum atomic E-state index is -3.60. The molecule has 0 aliphatic rings. The van der Waals surface area contributed by atoms with Crippen molar-refractivity contribution in [1.82, 2.24) is 29.7 Å². The standard InChI is InChI=1S/C17H15BrN6O4S/c1-23(2)29(25,26)13-7-8-14-15(9-13)24(22-19-14)27-10-16-20-21-17(28-16)11-3-5-12(18)6-4-11/h3-9H,10H2,1-2H3. The summed E-state index contributed by atoms with van der Waals surface area (Å²) in [6, 6.07) is 11.9. The first kappa shape index (κ1) is 19.5. The van der Waals surface area contributed by atoms with Crippen LogP contribution in [0.2, 0.25) is 0 Å². The molecular formula is C17H15BrN6O4S. The number of rotatable bonds is 6. The number of benzene rings is 2. The first-order valence-corrected chi connectivity index (χ1v) is 10.6. The van der Waals surface area contributed by atoms with Crippen LogP contribution in [0.25, 0.3) is 22.5 Å². The van der Waals surface area contributed by atoms with Crippen molar-refractivity contribution in [3.8, 4) is 11.5 Å². The number of fused-ring (bicyclic) bond motifs is 1. The van der Waals surface area contributed by atoms with Crippen molar-refractivity contribution in [2.45, 2.75) is 11.5 Å². The summed E-state index contributed by atoms with van der Waals surface area (Å²) in [4.78, 5) is 6.81. The molecule has 29 heavy (non-hydrogen) atoms. The van der Waals surface area contributed by atoms with Crippen LogP contribution >= 0.6 is 15.9 Å². The van der Waals surface area contributed by atoms with Gasteiger partial charge in [-0.2, -0.15) is 0 Å². The van der Waals surface area contributed by atoms with Gasteiger partial charge < -0.3 is 9.25 Å². The molecule has 0 unspecified atom stereocenters. The Balaban J connectivity index is 1.55. The molecule has 0 aliphatic carbocycles. The van der Waals surface area contributed by atoms with E-state index < -0.39 is 10.0 Å². The average Bonchev–Trinajstić information content (AvgIpc) is 3.33. The average molecular weight is 479 g/mol. The molecule has 2 heterocycles. The summed E-state index contributed by atoms with van der Waals surface area (Å²) in [6.45, 7) is -0.0629. The van der Waals surface area contributed by atoms with Crippen molar-refractivity contribution >= 4 is 37.0 Å². The summed E-state index contributed by atoms with van der Waals surface area (Å²) in [7, 11) is -0.671. The van der Waals surface area contributed by atoms with Crippen molar-refractivity contribution in [2.24, 2.45) is 0 Å². The third kappa shape index (κ3) is 3.86. The second-order valence-electron chi connectivity index (χ2n) is 6.18. The van der Waals surface area contributed by atoms with Crippen LogP contribution in [0, 0.1) is 0 Å². The van der Waals surface area contributed by atoms with E-state index >= 15 is 0 Å². The van der Waals surface area contributed by atoms with Crippen LogP contribution in [-0.4, -0.2) is 52.2 Å². The van der Waals surface area contributed by atoms with E-state index in [4.69, 9.17) is 9.25 Å². The predicted molar refractivity (Wildman–Crippen MR) is 106 cm³/mol. The Kier molecular flexibility index (Phi) is 5.06.